The van der Waals surface area contributed by atoms with E-state index in [1.807, 2.05) is 30.3 Å². The van der Waals surface area contributed by atoms with E-state index in [-0.39, 0.29) is 0 Å². The minimum atomic E-state index is -0.417. The molecular weight excluding hydrogens is 260 g/mol. The maximum absolute atomic E-state index is 10.3. The van der Waals surface area contributed by atoms with Gasteiger partial charge in [0.15, 0.2) is 0 Å². The molecule has 110 valence electrons. The van der Waals surface area contributed by atoms with Crippen molar-refractivity contribution in [2.75, 3.05) is 0 Å². The monoisotopic (exact) mass is 282 g/mol. The Balaban J connectivity index is 1.57. The number of hydrogen-bond donors (Lipinski definition) is 1. The smallest absolute Gasteiger partial charge is 0.119 e. The van der Waals surface area contributed by atoms with Crippen LogP contribution in [0.4, 0.5) is 0 Å². The first kappa shape index (κ1) is 14.2. The molecule has 2 aromatic rings. The normalized spacial score (nSPS) is 15.7. The lowest BCUT2D eigenvalue weighted by atomic mass is 9.99. The van der Waals surface area contributed by atoms with E-state index >= 15 is 0 Å². The average molecular weight is 282 g/mol. The number of hydrogen-bond acceptors (Lipinski definition) is 2. The fourth-order valence-electron chi connectivity index (χ4n) is 2.50. The van der Waals surface area contributed by atoms with Gasteiger partial charge < -0.3 is 9.84 Å². The third kappa shape index (κ3) is 3.85. The summed E-state index contributed by atoms with van der Waals surface area (Å²) in [5.74, 6) is 0.910. The second kappa shape index (κ2) is 6.31. The zero-order valence-corrected chi connectivity index (χ0v) is 12.5. The van der Waals surface area contributed by atoms with E-state index in [9.17, 15) is 5.11 Å². The van der Waals surface area contributed by atoms with E-state index in [1.54, 1.807) is 0 Å². The van der Waals surface area contributed by atoms with Crippen LogP contribution in [0.2, 0.25) is 0 Å². The number of benzene rings is 2. The molecule has 2 nitrogen and oxygen atoms in total. The van der Waals surface area contributed by atoms with Crippen molar-refractivity contribution in [3.05, 3.63) is 65.2 Å². The Bertz CT molecular complexity index is 585. The SMILES string of the molecule is Cc1ccccc1CCC(O)c1ccc(OC2CC2)cc1. The van der Waals surface area contributed by atoms with E-state index in [1.165, 1.54) is 24.0 Å². The molecule has 0 radical (unpaired) electrons. The molecule has 0 saturated heterocycles. The van der Waals surface area contributed by atoms with E-state index in [2.05, 4.69) is 25.1 Å². The van der Waals surface area contributed by atoms with Crippen LogP contribution in [0.3, 0.4) is 0 Å². The van der Waals surface area contributed by atoms with E-state index in [4.69, 9.17) is 4.74 Å². The fraction of sp³-hybridized carbons (Fsp3) is 0.368. The standard InChI is InChI=1S/C19H22O2/c1-14-4-2-3-5-15(14)8-13-19(20)16-6-9-17(10-7-16)21-18-11-12-18/h2-7,9-10,18-20H,8,11-13H2,1H3. The largest absolute Gasteiger partial charge is 0.490 e. The first-order chi connectivity index (χ1) is 10.2. The lowest BCUT2D eigenvalue weighted by Gasteiger charge is -2.13. The third-order valence-corrected chi connectivity index (χ3v) is 4.04. The zero-order valence-electron chi connectivity index (χ0n) is 12.5. The summed E-state index contributed by atoms with van der Waals surface area (Å²) in [4.78, 5) is 0. The summed E-state index contributed by atoms with van der Waals surface area (Å²) in [6.45, 7) is 2.12. The molecule has 0 aromatic heterocycles. The molecule has 2 heteroatoms. The highest BCUT2D eigenvalue weighted by molar-refractivity contribution is 5.30. The fourth-order valence-corrected chi connectivity index (χ4v) is 2.50. The van der Waals surface area contributed by atoms with Gasteiger partial charge in [0.25, 0.3) is 0 Å². The molecule has 1 aliphatic rings. The van der Waals surface area contributed by atoms with Crippen molar-refractivity contribution in [1.82, 2.24) is 0 Å². The van der Waals surface area contributed by atoms with Gasteiger partial charge in [0, 0.05) is 0 Å². The van der Waals surface area contributed by atoms with Crippen molar-refractivity contribution < 1.29 is 9.84 Å². The third-order valence-electron chi connectivity index (χ3n) is 4.04. The van der Waals surface area contributed by atoms with Crippen LogP contribution in [0.1, 0.15) is 42.1 Å². The molecule has 0 bridgehead atoms. The molecule has 1 fully saturated rings. The van der Waals surface area contributed by atoms with Crippen LogP contribution in [0.5, 0.6) is 5.75 Å². The number of aryl methyl sites for hydroxylation is 2. The van der Waals surface area contributed by atoms with Crippen molar-refractivity contribution in [2.24, 2.45) is 0 Å². The zero-order chi connectivity index (χ0) is 14.7. The van der Waals surface area contributed by atoms with Crippen LogP contribution in [-0.2, 0) is 6.42 Å². The van der Waals surface area contributed by atoms with Crippen LogP contribution < -0.4 is 4.74 Å². The van der Waals surface area contributed by atoms with Gasteiger partial charge in [-0.2, -0.15) is 0 Å². The minimum Gasteiger partial charge on any atom is -0.490 e. The van der Waals surface area contributed by atoms with Crippen LogP contribution in [0, 0.1) is 6.92 Å². The predicted octanol–water partition coefficient (Wildman–Crippen LogP) is 4.20. The molecule has 2 aromatic carbocycles. The Kier molecular flexibility index (Phi) is 4.26. The van der Waals surface area contributed by atoms with Crippen molar-refractivity contribution in [1.29, 1.82) is 0 Å². The quantitative estimate of drug-likeness (QED) is 0.860. The molecule has 0 aliphatic heterocycles. The molecule has 1 atom stereocenters. The molecule has 3 rings (SSSR count). The molecule has 0 heterocycles. The first-order valence-corrected chi connectivity index (χ1v) is 7.71. The second-order valence-corrected chi connectivity index (χ2v) is 5.87. The van der Waals surface area contributed by atoms with Gasteiger partial charge in [0.2, 0.25) is 0 Å². The van der Waals surface area contributed by atoms with Gasteiger partial charge in [-0.05, 0) is 61.4 Å². The maximum atomic E-state index is 10.3. The van der Waals surface area contributed by atoms with Gasteiger partial charge in [-0.3, -0.25) is 0 Å². The molecular formula is C19H22O2. The first-order valence-electron chi connectivity index (χ1n) is 7.71. The van der Waals surface area contributed by atoms with E-state index in [0.717, 1.165) is 24.2 Å². The summed E-state index contributed by atoms with van der Waals surface area (Å²) in [6.07, 6.45) is 3.98. The van der Waals surface area contributed by atoms with Gasteiger partial charge in [-0.25, -0.2) is 0 Å². The van der Waals surface area contributed by atoms with Gasteiger partial charge in [-0.1, -0.05) is 36.4 Å². The summed E-state index contributed by atoms with van der Waals surface area (Å²) in [6, 6.07) is 16.2. The Morgan fingerprint density at radius 2 is 1.81 bits per heavy atom. The van der Waals surface area contributed by atoms with Crippen LogP contribution in [-0.4, -0.2) is 11.2 Å². The highest BCUT2D eigenvalue weighted by Crippen LogP contribution is 2.28. The highest BCUT2D eigenvalue weighted by Gasteiger charge is 2.23. The number of rotatable bonds is 6. The summed E-state index contributed by atoms with van der Waals surface area (Å²) in [5.41, 5.74) is 3.56. The molecule has 21 heavy (non-hydrogen) atoms. The van der Waals surface area contributed by atoms with Crippen LogP contribution in [0.15, 0.2) is 48.5 Å². The van der Waals surface area contributed by atoms with Crippen LogP contribution >= 0.6 is 0 Å². The van der Waals surface area contributed by atoms with Gasteiger partial charge >= 0.3 is 0 Å². The summed E-state index contributed by atoms with van der Waals surface area (Å²) < 4.78 is 5.72. The van der Waals surface area contributed by atoms with E-state index in [0.29, 0.717) is 6.10 Å². The molecule has 1 saturated carbocycles. The molecule has 1 N–H and O–H groups in total. The average Bonchev–Trinajstić information content (AvgIpc) is 3.31. The lowest BCUT2D eigenvalue weighted by Crippen LogP contribution is -2.01. The summed E-state index contributed by atoms with van der Waals surface area (Å²) in [7, 11) is 0. The van der Waals surface area contributed by atoms with Gasteiger partial charge in [0.05, 0.1) is 12.2 Å². The van der Waals surface area contributed by atoms with Crippen molar-refractivity contribution in [3.63, 3.8) is 0 Å². The second-order valence-electron chi connectivity index (χ2n) is 5.87. The maximum Gasteiger partial charge on any atom is 0.119 e. The minimum absolute atomic E-state index is 0.417. The predicted molar refractivity (Wildman–Crippen MR) is 84.6 cm³/mol. The van der Waals surface area contributed by atoms with E-state index < -0.39 is 6.10 Å². The Morgan fingerprint density at radius 3 is 2.48 bits per heavy atom. The van der Waals surface area contributed by atoms with Gasteiger partial charge in [0.1, 0.15) is 5.75 Å². The molecule has 1 unspecified atom stereocenters. The molecule has 0 spiro atoms. The Hall–Kier alpha value is -1.80. The van der Waals surface area contributed by atoms with Crippen molar-refractivity contribution in [3.8, 4) is 5.75 Å². The number of ether oxygens (including phenoxy) is 1. The number of aliphatic hydroxyl groups is 1. The number of aliphatic hydroxyl groups excluding tert-OH is 1. The Morgan fingerprint density at radius 1 is 1.10 bits per heavy atom. The summed E-state index contributed by atoms with van der Waals surface area (Å²) >= 11 is 0. The summed E-state index contributed by atoms with van der Waals surface area (Å²) in [5, 5.41) is 10.3. The molecule has 0 amide bonds. The van der Waals surface area contributed by atoms with Crippen molar-refractivity contribution in [2.45, 2.75) is 44.8 Å². The topological polar surface area (TPSA) is 29.5 Å². The highest BCUT2D eigenvalue weighted by atomic mass is 16.5. The van der Waals surface area contributed by atoms with Gasteiger partial charge in [-0.15, -0.1) is 0 Å². The molecule has 1 aliphatic carbocycles. The van der Waals surface area contributed by atoms with Crippen LogP contribution in [0.25, 0.3) is 0 Å². The van der Waals surface area contributed by atoms with Crippen molar-refractivity contribution >= 4 is 0 Å². The Labute approximate surface area is 126 Å². The lowest BCUT2D eigenvalue weighted by molar-refractivity contribution is 0.167.